The van der Waals surface area contributed by atoms with Crippen LogP contribution in [-0.2, 0) is 11.8 Å². The van der Waals surface area contributed by atoms with Crippen LogP contribution in [0.4, 0.5) is 0 Å². The fraction of sp³-hybridized carbons (Fsp3) is 0.0714. The van der Waals surface area contributed by atoms with Crippen LogP contribution in [0.2, 0.25) is 0 Å². The first-order valence-corrected chi connectivity index (χ1v) is 5.93. The highest BCUT2D eigenvalue weighted by molar-refractivity contribution is 6.42. The summed E-state index contributed by atoms with van der Waals surface area (Å²) in [6.07, 6.45) is 6.70. The molecule has 6 heteroatoms. The second-order valence-corrected chi connectivity index (χ2v) is 4.46. The summed E-state index contributed by atoms with van der Waals surface area (Å²) in [6.45, 7) is 0. The normalized spacial score (nSPS) is 10.8. The van der Waals surface area contributed by atoms with E-state index in [1.807, 2.05) is 22.9 Å². The smallest absolute Gasteiger partial charge is 0.377 e. The lowest BCUT2D eigenvalue weighted by Crippen LogP contribution is -2.12. The molecule has 0 aliphatic rings. The predicted molar refractivity (Wildman–Crippen MR) is 72.0 cm³/mol. The van der Waals surface area contributed by atoms with E-state index in [0.29, 0.717) is 5.39 Å². The lowest BCUT2D eigenvalue weighted by atomic mass is 10.1. The molecule has 0 atom stereocenters. The molecule has 0 amide bonds. The zero-order chi connectivity index (χ0) is 14.3. The Bertz CT molecular complexity index is 816. The molecule has 0 aliphatic carbocycles. The summed E-state index contributed by atoms with van der Waals surface area (Å²) in [5.74, 6) is -2.35. The van der Waals surface area contributed by atoms with E-state index in [1.54, 1.807) is 36.4 Å². The maximum Gasteiger partial charge on any atom is 0.377 e. The molecule has 6 nitrogen and oxygen atoms in total. The number of imidazole rings is 1. The molecule has 1 aromatic carbocycles. The molecule has 100 valence electrons. The van der Waals surface area contributed by atoms with Crippen molar-refractivity contribution < 1.29 is 14.7 Å². The lowest BCUT2D eigenvalue weighted by molar-refractivity contribution is -0.131. The molecule has 2 aromatic heterocycles. The number of hydrogen-bond acceptors (Lipinski definition) is 3. The number of carboxylic acid groups (broad SMARTS) is 1. The number of Topliss-reactive ketones (excluding diaryl/α,β-unsaturated/α-hetero) is 1. The largest absolute Gasteiger partial charge is 0.475 e. The Morgan fingerprint density at radius 2 is 2.10 bits per heavy atom. The Labute approximate surface area is 113 Å². The lowest BCUT2D eigenvalue weighted by Gasteiger charge is -2.03. The van der Waals surface area contributed by atoms with Crippen LogP contribution >= 0.6 is 0 Å². The average Bonchev–Trinajstić information content (AvgIpc) is 3.06. The highest BCUT2D eigenvalue weighted by atomic mass is 16.4. The van der Waals surface area contributed by atoms with E-state index in [2.05, 4.69) is 4.98 Å². The number of benzene rings is 1. The summed E-state index contributed by atoms with van der Waals surface area (Å²) >= 11 is 0. The molecule has 20 heavy (non-hydrogen) atoms. The van der Waals surface area contributed by atoms with Crippen molar-refractivity contribution in [1.82, 2.24) is 14.1 Å². The van der Waals surface area contributed by atoms with Gasteiger partial charge in [-0.1, -0.05) is 0 Å². The molecule has 2 heterocycles. The van der Waals surface area contributed by atoms with Gasteiger partial charge < -0.3 is 14.2 Å². The number of rotatable bonds is 3. The third-order valence-electron chi connectivity index (χ3n) is 3.22. The van der Waals surface area contributed by atoms with Crippen molar-refractivity contribution in [1.29, 1.82) is 0 Å². The minimum Gasteiger partial charge on any atom is -0.475 e. The Morgan fingerprint density at radius 3 is 2.75 bits per heavy atom. The van der Waals surface area contributed by atoms with Gasteiger partial charge in [0.2, 0.25) is 0 Å². The fourth-order valence-electron chi connectivity index (χ4n) is 2.24. The van der Waals surface area contributed by atoms with Crippen molar-refractivity contribution in [3.8, 4) is 5.69 Å². The number of carbonyl (C=O) groups is 2. The summed E-state index contributed by atoms with van der Waals surface area (Å²) in [6, 6.07) is 5.46. The van der Waals surface area contributed by atoms with Crippen molar-refractivity contribution in [2.24, 2.45) is 7.05 Å². The Kier molecular flexibility index (Phi) is 2.64. The molecule has 0 unspecified atom stereocenters. The standard InChI is InChI=1S/C14H11N3O3/c1-16-7-11(13(18)14(19)20)10-3-2-9(6-12(10)16)17-5-4-15-8-17/h2-8H,1H3,(H,19,20). The van der Waals surface area contributed by atoms with Crippen LogP contribution in [0.3, 0.4) is 0 Å². The minimum atomic E-state index is -1.45. The highest BCUT2D eigenvalue weighted by Crippen LogP contribution is 2.24. The van der Waals surface area contributed by atoms with Crippen molar-refractivity contribution in [3.05, 3.63) is 48.7 Å². The van der Waals surface area contributed by atoms with Crippen LogP contribution in [0.15, 0.2) is 43.1 Å². The van der Waals surface area contributed by atoms with E-state index < -0.39 is 11.8 Å². The maximum atomic E-state index is 11.7. The van der Waals surface area contributed by atoms with Gasteiger partial charge in [0.15, 0.2) is 0 Å². The Balaban J connectivity index is 2.20. The van der Waals surface area contributed by atoms with E-state index in [9.17, 15) is 9.59 Å². The molecular formula is C14H11N3O3. The number of carbonyl (C=O) groups excluding carboxylic acids is 1. The zero-order valence-electron chi connectivity index (χ0n) is 10.6. The summed E-state index contributed by atoms with van der Waals surface area (Å²) in [5, 5.41) is 9.47. The van der Waals surface area contributed by atoms with Gasteiger partial charge >= 0.3 is 5.97 Å². The predicted octanol–water partition coefficient (Wildman–Crippen LogP) is 1.63. The third-order valence-corrected chi connectivity index (χ3v) is 3.22. The van der Waals surface area contributed by atoms with Crippen LogP contribution in [0.1, 0.15) is 10.4 Å². The zero-order valence-corrected chi connectivity index (χ0v) is 10.6. The van der Waals surface area contributed by atoms with Gasteiger partial charge in [-0.05, 0) is 18.2 Å². The molecular weight excluding hydrogens is 258 g/mol. The number of fused-ring (bicyclic) bond motifs is 1. The van der Waals surface area contributed by atoms with E-state index in [4.69, 9.17) is 5.11 Å². The van der Waals surface area contributed by atoms with Gasteiger partial charge in [0.25, 0.3) is 5.78 Å². The molecule has 0 fully saturated rings. The highest BCUT2D eigenvalue weighted by Gasteiger charge is 2.20. The van der Waals surface area contributed by atoms with Gasteiger partial charge in [-0.3, -0.25) is 4.79 Å². The topological polar surface area (TPSA) is 77.1 Å². The summed E-state index contributed by atoms with van der Waals surface area (Å²) < 4.78 is 3.58. The van der Waals surface area contributed by atoms with Crippen molar-refractivity contribution in [2.75, 3.05) is 0 Å². The maximum absolute atomic E-state index is 11.7. The Morgan fingerprint density at radius 1 is 1.30 bits per heavy atom. The Hall–Kier alpha value is -2.89. The van der Waals surface area contributed by atoms with E-state index in [0.717, 1.165) is 11.2 Å². The molecule has 0 aliphatic heterocycles. The van der Waals surface area contributed by atoms with Crippen LogP contribution < -0.4 is 0 Å². The molecule has 0 radical (unpaired) electrons. The number of aromatic nitrogens is 3. The first-order valence-electron chi connectivity index (χ1n) is 5.93. The van der Waals surface area contributed by atoms with Gasteiger partial charge in [-0.2, -0.15) is 0 Å². The van der Waals surface area contributed by atoms with Crippen molar-refractivity contribution >= 4 is 22.7 Å². The van der Waals surface area contributed by atoms with Crippen molar-refractivity contribution in [2.45, 2.75) is 0 Å². The van der Waals surface area contributed by atoms with Gasteiger partial charge in [-0.25, -0.2) is 9.78 Å². The number of aliphatic carboxylic acids is 1. The molecule has 0 bridgehead atoms. The molecule has 3 rings (SSSR count). The second-order valence-electron chi connectivity index (χ2n) is 4.46. The minimum absolute atomic E-state index is 0.201. The van der Waals surface area contributed by atoms with Gasteiger partial charge in [0.05, 0.1) is 17.4 Å². The average molecular weight is 269 g/mol. The number of nitrogens with zero attached hydrogens (tertiary/aromatic N) is 3. The van der Waals surface area contributed by atoms with E-state index in [-0.39, 0.29) is 5.56 Å². The first-order chi connectivity index (χ1) is 9.58. The third kappa shape index (κ3) is 1.78. The SMILES string of the molecule is Cn1cc(C(=O)C(=O)O)c2ccc(-n3ccnc3)cc21. The summed E-state index contributed by atoms with van der Waals surface area (Å²) in [4.78, 5) is 26.5. The monoisotopic (exact) mass is 269 g/mol. The van der Waals surface area contributed by atoms with E-state index >= 15 is 0 Å². The molecule has 3 aromatic rings. The quantitative estimate of drug-likeness (QED) is 0.579. The van der Waals surface area contributed by atoms with Crippen LogP contribution in [0.5, 0.6) is 0 Å². The van der Waals surface area contributed by atoms with Crippen molar-refractivity contribution in [3.63, 3.8) is 0 Å². The van der Waals surface area contributed by atoms with Gasteiger partial charge in [-0.15, -0.1) is 0 Å². The van der Waals surface area contributed by atoms with E-state index in [1.165, 1.54) is 0 Å². The number of hydrogen-bond donors (Lipinski definition) is 1. The van der Waals surface area contributed by atoms with Crippen LogP contribution in [0, 0.1) is 0 Å². The van der Waals surface area contributed by atoms with Crippen LogP contribution in [-0.4, -0.2) is 31.0 Å². The number of ketones is 1. The van der Waals surface area contributed by atoms with Gasteiger partial charge in [0.1, 0.15) is 0 Å². The first kappa shape index (κ1) is 12.2. The molecule has 0 saturated heterocycles. The molecule has 1 N–H and O–H groups in total. The van der Waals surface area contributed by atoms with Crippen LogP contribution in [0.25, 0.3) is 16.6 Å². The number of carboxylic acids is 1. The van der Waals surface area contributed by atoms with Gasteiger partial charge in [0, 0.05) is 36.7 Å². The molecule has 0 saturated carbocycles. The summed E-state index contributed by atoms with van der Waals surface area (Å²) in [5.41, 5.74) is 1.89. The fourth-order valence-corrected chi connectivity index (χ4v) is 2.24. The second kappa shape index (κ2) is 4.34. The number of aryl methyl sites for hydroxylation is 1. The summed E-state index contributed by atoms with van der Waals surface area (Å²) in [7, 11) is 1.78. The molecule has 0 spiro atoms.